The van der Waals surface area contributed by atoms with Gasteiger partial charge >= 0.3 is 0 Å². The summed E-state index contributed by atoms with van der Waals surface area (Å²) in [7, 11) is -3.66. The van der Waals surface area contributed by atoms with Crippen molar-refractivity contribution in [3.8, 4) is 0 Å². The lowest BCUT2D eigenvalue weighted by atomic mass is 10.2. The summed E-state index contributed by atoms with van der Waals surface area (Å²) in [4.78, 5) is 10.0. The standard InChI is InChI=1S/C13H10FNO4S/c14-11-4-6-13(7-5-11)20(18,19)9-10-2-1-3-12(8-10)15(16)17/h1-8H,9H2. The average molecular weight is 295 g/mol. The van der Waals surface area contributed by atoms with Gasteiger partial charge in [-0.3, -0.25) is 10.1 Å². The molecule has 0 saturated carbocycles. The van der Waals surface area contributed by atoms with Crippen molar-refractivity contribution < 1.29 is 17.7 Å². The van der Waals surface area contributed by atoms with Gasteiger partial charge in [-0.1, -0.05) is 12.1 Å². The largest absolute Gasteiger partial charge is 0.269 e. The van der Waals surface area contributed by atoms with Gasteiger partial charge in [-0.05, 0) is 29.8 Å². The Labute approximate surface area is 114 Å². The molecule has 0 unspecified atom stereocenters. The quantitative estimate of drug-likeness (QED) is 0.493. The second-order valence-electron chi connectivity index (χ2n) is 4.14. The topological polar surface area (TPSA) is 77.3 Å². The first-order valence-corrected chi connectivity index (χ1v) is 7.25. The molecule has 0 aliphatic carbocycles. The first kappa shape index (κ1) is 14.1. The van der Waals surface area contributed by atoms with E-state index in [1.807, 2.05) is 0 Å². The molecule has 0 fully saturated rings. The molecular weight excluding hydrogens is 285 g/mol. The molecule has 0 aliphatic heterocycles. The minimum atomic E-state index is -3.66. The molecule has 20 heavy (non-hydrogen) atoms. The van der Waals surface area contributed by atoms with Gasteiger partial charge in [0.1, 0.15) is 5.82 Å². The van der Waals surface area contributed by atoms with Gasteiger partial charge in [-0.2, -0.15) is 0 Å². The predicted octanol–water partition coefficient (Wildman–Crippen LogP) is 2.71. The van der Waals surface area contributed by atoms with Crippen LogP contribution in [0.2, 0.25) is 0 Å². The SMILES string of the molecule is O=[N+]([O-])c1cccc(CS(=O)(=O)c2ccc(F)cc2)c1. The molecule has 5 nitrogen and oxygen atoms in total. The summed E-state index contributed by atoms with van der Waals surface area (Å²) < 4.78 is 37.0. The monoisotopic (exact) mass is 295 g/mol. The maximum absolute atomic E-state index is 12.8. The van der Waals surface area contributed by atoms with E-state index in [0.717, 1.165) is 12.1 Å². The van der Waals surface area contributed by atoms with Crippen LogP contribution < -0.4 is 0 Å². The van der Waals surface area contributed by atoms with Crippen molar-refractivity contribution in [2.45, 2.75) is 10.6 Å². The van der Waals surface area contributed by atoms with Crippen LogP contribution in [-0.2, 0) is 15.6 Å². The lowest BCUT2D eigenvalue weighted by molar-refractivity contribution is -0.384. The van der Waals surface area contributed by atoms with E-state index in [9.17, 15) is 22.9 Å². The van der Waals surface area contributed by atoms with Crippen molar-refractivity contribution in [1.29, 1.82) is 0 Å². The minimum Gasteiger partial charge on any atom is -0.258 e. The van der Waals surface area contributed by atoms with Gasteiger partial charge in [0, 0.05) is 12.1 Å². The molecule has 0 amide bonds. The number of nitro benzene ring substituents is 1. The smallest absolute Gasteiger partial charge is 0.258 e. The highest BCUT2D eigenvalue weighted by molar-refractivity contribution is 7.90. The number of halogens is 1. The van der Waals surface area contributed by atoms with E-state index in [2.05, 4.69) is 0 Å². The zero-order valence-corrected chi connectivity index (χ0v) is 11.0. The van der Waals surface area contributed by atoms with Crippen LogP contribution in [0.3, 0.4) is 0 Å². The maximum Gasteiger partial charge on any atom is 0.269 e. The van der Waals surface area contributed by atoms with Gasteiger partial charge in [-0.25, -0.2) is 12.8 Å². The van der Waals surface area contributed by atoms with Crippen molar-refractivity contribution in [2.75, 3.05) is 0 Å². The maximum atomic E-state index is 12.8. The summed E-state index contributed by atoms with van der Waals surface area (Å²) in [5.74, 6) is -0.903. The van der Waals surface area contributed by atoms with Crippen molar-refractivity contribution >= 4 is 15.5 Å². The molecule has 0 aliphatic rings. The Morgan fingerprint density at radius 1 is 1.10 bits per heavy atom. The van der Waals surface area contributed by atoms with E-state index < -0.39 is 20.6 Å². The molecule has 0 saturated heterocycles. The molecule has 2 rings (SSSR count). The number of rotatable bonds is 4. The number of nitro groups is 1. The summed E-state index contributed by atoms with van der Waals surface area (Å²) in [5.41, 5.74) is 0.139. The number of hydrogen-bond donors (Lipinski definition) is 0. The molecule has 0 radical (unpaired) electrons. The van der Waals surface area contributed by atoms with Crippen LogP contribution in [0, 0.1) is 15.9 Å². The number of benzene rings is 2. The lowest BCUT2D eigenvalue weighted by Crippen LogP contribution is -2.05. The third-order valence-electron chi connectivity index (χ3n) is 2.65. The van der Waals surface area contributed by atoms with Gasteiger partial charge < -0.3 is 0 Å². The fourth-order valence-corrected chi connectivity index (χ4v) is 3.04. The molecule has 0 aromatic heterocycles. The summed E-state index contributed by atoms with van der Waals surface area (Å²) in [6.07, 6.45) is 0. The summed E-state index contributed by atoms with van der Waals surface area (Å²) in [6.45, 7) is 0. The van der Waals surface area contributed by atoms with Crippen LogP contribution in [0.4, 0.5) is 10.1 Å². The highest BCUT2D eigenvalue weighted by Gasteiger charge is 2.17. The number of nitrogens with zero attached hydrogens (tertiary/aromatic N) is 1. The number of hydrogen-bond acceptors (Lipinski definition) is 4. The molecule has 0 spiro atoms. The van der Waals surface area contributed by atoms with E-state index in [-0.39, 0.29) is 16.3 Å². The van der Waals surface area contributed by atoms with Gasteiger partial charge in [0.05, 0.1) is 15.6 Å². The average Bonchev–Trinajstić information content (AvgIpc) is 2.39. The third kappa shape index (κ3) is 3.18. The molecule has 0 N–H and O–H groups in total. The van der Waals surface area contributed by atoms with Crippen LogP contribution in [0.5, 0.6) is 0 Å². The Morgan fingerprint density at radius 3 is 2.35 bits per heavy atom. The van der Waals surface area contributed by atoms with E-state index in [1.54, 1.807) is 0 Å². The molecule has 2 aromatic carbocycles. The van der Waals surface area contributed by atoms with E-state index in [0.29, 0.717) is 5.56 Å². The van der Waals surface area contributed by atoms with Crippen molar-refractivity contribution in [3.05, 3.63) is 70.0 Å². The van der Waals surface area contributed by atoms with Gasteiger partial charge in [-0.15, -0.1) is 0 Å². The zero-order valence-electron chi connectivity index (χ0n) is 10.2. The first-order chi connectivity index (χ1) is 9.38. The molecule has 0 atom stereocenters. The minimum absolute atomic E-state index is 0.0228. The van der Waals surface area contributed by atoms with Crippen molar-refractivity contribution in [1.82, 2.24) is 0 Å². The Kier molecular flexibility index (Phi) is 3.80. The Morgan fingerprint density at radius 2 is 1.75 bits per heavy atom. The van der Waals surface area contributed by atoms with Crippen LogP contribution >= 0.6 is 0 Å². The fraction of sp³-hybridized carbons (Fsp3) is 0.0769. The highest BCUT2D eigenvalue weighted by Crippen LogP contribution is 2.20. The lowest BCUT2D eigenvalue weighted by Gasteiger charge is -2.04. The Bertz CT molecular complexity index is 741. The van der Waals surface area contributed by atoms with Gasteiger partial charge in [0.2, 0.25) is 0 Å². The number of non-ortho nitro benzene ring substituents is 1. The van der Waals surface area contributed by atoms with E-state index >= 15 is 0 Å². The number of sulfone groups is 1. The normalized spacial score (nSPS) is 11.2. The van der Waals surface area contributed by atoms with Crippen LogP contribution in [0.15, 0.2) is 53.4 Å². The molecule has 104 valence electrons. The Hall–Kier alpha value is -2.28. The fourth-order valence-electron chi connectivity index (χ4n) is 1.70. The van der Waals surface area contributed by atoms with Crippen LogP contribution in [0.1, 0.15) is 5.56 Å². The Balaban J connectivity index is 2.31. The van der Waals surface area contributed by atoms with Crippen molar-refractivity contribution in [2.24, 2.45) is 0 Å². The van der Waals surface area contributed by atoms with Gasteiger partial charge in [0.15, 0.2) is 9.84 Å². The van der Waals surface area contributed by atoms with Gasteiger partial charge in [0.25, 0.3) is 5.69 Å². The summed E-state index contributed by atoms with van der Waals surface area (Å²) in [6, 6.07) is 9.86. The molecule has 7 heteroatoms. The highest BCUT2D eigenvalue weighted by atomic mass is 32.2. The predicted molar refractivity (Wildman–Crippen MR) is 70.4 cm³/mol. The zero-order chi connectivity index (χ0) is 14.8. The first-order valence-electron chi connectivity index (χ1n) is 5.60. The second kappa shape index (κ2) is 5.38. The molecular formula is C13H10FNO4S. The summed E-state index contributed by atoms with van der Waals surface area (Å²) >= 11 is 0. The molecule has 2 aromatic rings. The third-order valence-corrected chi connectivity index (χ3v) is 4.35. The van der Waals surface area contributed by atoms with Crippen LogP contribution in [-0.4, -0.2) is 13.3 Å². The second-order valence-corrected chi connectivity index (χ2v) is 6.13. The summed E-state index contributed by atoms with van der Waals surface area (Å²) in [5, 5.41) is 10.6. The van der Waals surface area contributed by atoms with E-state index in [1.165, 1.54) is 36.4 Å². The van der Waals surface area contributed by atoms with E-state index in [4.69, 9.17) is 0 Å². The molecule has 0 bridgehead atoms. The van der Waals surface area contributed by atoms with Crippen LogP contribution in [0.25, 0.3) is 0 Å². The van der Waals surface area contributed by atoms with Crippen molar-refractivity contribution in [3.63, 3.8) is 0 Å². The molecule has 0 heterocycles.